The molecule has 9 heteroatoms. The first-order chi connectivity index (χ1) is 17.5. The summed E-state index contributed by atoms with van der Waals surface area (Å²) in [6.45, 7) is 1.12. The van der Waals surface area contributed by atoms with Crippen LogP contribution in [0.1, 0.15) is 47.8 Å². The lowest BCUT2D eigenvalue weighted by Gasteiger charge is -2.40. The molecular formula is C27H30FN3O4S. The number of piperidine rings is 1. The number of hydrogen-bond donors (Lipinski definition) is 3. The highest BCUT2D eigenvalue weighted by Gasteiger charge is 2.41. The highest BCUT2D eigenvalue weighted by atomic mass is 32.1. The second-order valence-corrected chi connectivity index (χ2v) is 9.99. The molecule has 1 fully saturated rings. The van der Waals surface area contributed by atoms with Gasteiger partial charge in [-0.2, -0.15) is 0 Å². The summed E-state index contributed by atoms with van der Waals surface area (Å²) in [5.74, 6) is 6.46. The maximum absolute atomic E-state index is 13.8. The number of amides is 1. The third-order valence-electron chi connectivity index (χ3n) is 7.00. The zero-order valence-electron chi connectivity index (χ0n) is 20.2. The Kier molecular flexibility index (Phi) is 8.54. The van der Waals surface area contributed by atoms with Crippen LogP contribution in [-0.2, 0) is 11.5 Å². The van der Waals surface area contributed by atoms with Gasteiger partial charge in [0.15, 0.2) is 0 Å². The molecule has 36 heavy (non-hydrogen) atoms. The molecule has 190 valence electrons. The van der Waals surface area contributed by atoms with E-state index in [2.05, 4.69) is 21.7 Å². The fraction of sp³-hybridized carbons (Fsp3) is 0.407. The van der Waals surface area contributed by atoms with Crippen molar-refractivity contribution in [3.63, 3.8) is 0 Å². The number of carbonyl (C=O) groups is 1. The lowest BCUT2D eigenvalue weighted by Crippen LogP contribution is -2.48. The molecule has 3 heterocycles. The number of nitrogens with one attached hydrogen (secondary N) is 1. The van der Waals surface area contributed by atoms with Crippen LogP contribution in [0.15, 0.2) is 41.9 Å². The smallest absolute Gasteiger partial charge is 0.249 e. The zero-order chi connectivity index (χ0) is 25.5. The van der Waals surface area contributed by atoms with Gasteiger partial charge in [0.2, 0.25) is 5.91 Å². The molecular weight excluding hydrogens is 481 g/mol. The predicted molar refractivity (Wildman–Crippen MR) is 137 cm³/mol. The number of benzene rings is 1. The van der Waals surface area contributed by atoms with Gasteiger partial charge in [0.05, 0.1) is 35.6 Å². The highest BCUT2D eigenvalue weighted by Crippen LogP contribution is 2.40. The van der Waals surface area contributed by atoms with Crippen molar-refractivity contribution in [2.75, 3.05) is 26.7 Å². The number of alkyl halides is 1. The number of likely N-dealkylation sites (tertiary alicyclic amines) is 1. The number of aliphatic hydroxyl groups excluding tert-OH is 1. The molecule has 3 aromatic rings. The van der Waals surface area contributed by atoms with Crippen molar-refractivity contribution in [2.45, 2.75) is 38.5 Å². The van der Waals surface area contributed by atoms with E-state index in [1.54, 1.807) is 36.6 Å². The van der Waals surface area contributed by atoms with E-state index in [1.807, 2.05) is 23.0 Å². The first kappa shape index (κ1) is 26.0. The summed E-state index contributed by atoms with van der Waals surface area (Å²) < 4.78 is 19.2. The number of methoxy groups -OCH3 is 1. The maximum atomic E-state index is 13.8. The van der Waals surface area contributed by atoms with Crippen LogP contribution in [0.25, 0.3) is 10.9 Å². The molecule has 1 amide bonds. The van der Waals surface area contributed by atoms with Crippen molar-refractivity contribution >= 4 is 28.1 Å². The number of aromatic nitrogens is 1. The molecule has 1 atom stereocenters. The molecule has 1 aliphatic rings. The number of rotatable bonds is 8. The second-order valence-electron chi connectivity index (χ2n) is 9.04. The molecule has 1 aromatic carbocycles. The van der Waals surface area contributed by atoms with E-state index in [0.717, 1.165) is 4.88 Å². The van der Waals surface area contributed by atoms with Crippen LogP contribution in [0, 0.1) is 17.3 Å². The van der Waals surface area contributed by atoms with Crippen LogP contribution in [-0.4, -0.2) is 52.8 Å². The topological polar surface area (TPSA) is 94.9 Å². The van der Waals surface area contributed by atoms with Crippen LogP contribution in [0.5, 0.6) is 5.75 Å². The Bertz CT molecular complexity index is 1240. The molecule has 2 aromatic heterocycles. The van der Waals surface area contributed by atoms with E-state index in [1.165, 1.54) is 6.20 Å². The predicted octanol–water partition coefficient (Wildman–Crippen LogP) is 4.23. The lowest BCUT2D eigenvalue weighted by molar-refractivity contribution is -0.143. The standard InChI is InChI=1S/C27H30FN3O4S/c1-35-20-6-7-23-22(16-20)25(19(17-28)18-29-23)24(32)8-9-27(26(33)30-34)10-13-31(14-11-27)12-2-4-21-5-3-15-36-21/h3,5-7,15-16,18,24,32,34H,8-14,17H2,1H3,(H,30,33). The van der Waals surface area contributed by atoms with E-state index in [9.17, 15) is 19.5 Å². The molecule has 4 rings (SSSR count). The number of nitrogens with zero attached hydrogens (tertiary/aromatic N) is 2. The lowest BCUT2D eigenvalue weighted by atomic mass is 9.73. The summed E-state index contributed by atoms with van der Waals surface area (Å²) in [5.41, 5.74) is 2.40. The number of carbonyl (C=O) groups excluding carboxylic acids is 1. The molecule has 0 spiro atoms. The Morgan fingerprint density at radius 1 is 1.36 bits per heavy atom. The van der Waals surface area contributed by atoms with E-state index in [0.29, 0.717) is 66.7 Å². The van der Waals surface area contributed by atoms with Crippen molar-refractivity contribution in [1.29, 1.82) is 0 Å². The largest absolute Gasteiger partial charge is 0.497 e. The molecule has 0 bridgehead atoms. The van der Waals surface area contributed by atoms with Gasteiger partial charge in [-0.1, -0.05) is 17.9 Å². The monoisotopic (exact) mass is 511 g/mol. The average Bonchev–Trinajstić information content (AvgIpc) is 3.44. The van der Waals surface area contributed by atoms with Crippen LogP contribution in [0.2, 0.25) is 0 Å². The van der Waals surface area contributed by atoms with E-state index >= 15 is 0 Å². The number of fused-ring (bicyclic) bond motifs is 1. The van der Waals surface area contributed by atoms with Gasteiger partial charge in [-0.25, -0.2) is 9.87 Å². The molecule has 1 aliphatic heterocycles. The van der Waals surface area contributed by atoms with E-state index in [4.69, 9.17) is 4.74 Å². The van der Waals surface area contributed by atoms with Gasteiger partial charge < -0.3 is 9.84 Å². The van der Waals surface area contributed by atoms with Gasteiger partial charge in [0.1, 0.15) is 12.4 Å². The molecule has 0 saturated carbocycles. The Hall–Kier alpha value is -3.03. The van der Waals surface area contributed by atoms with Crippen LogP contribution >= 0.6 is 11.3 Å². The van der Waals surface area contributed by atoms with Gasteiger partial charge >= 0.3 is 0 Å². The number of hydrogen-bond acceptors (Lipinski definition) is 7. The van der Waals surface area contributed by atoms with E-state index in [-0.39, 0.29) is 6.42 Å². The number of ether oxygens (including phenoxy) is 1. The third kappa shape index (κ3) is 5.68. The molecule has 3 N–H and O–H groups in total. The fourth-order valence-electron chi connectivity index (χ4n) is 4.85. The quantitative estimate of drug-likeness (QED) is 0.238. The van der Waals surface area contributed by atoms with Gasteiger partial charge in [0.25, 0.3) is 0 Å². The number of aliphatic hydroxyl groups is 1. The summed E-state index contributed by atoms with van der Waals surface area (Å²) in [6.07, 6.45) is 2.05. The number of hydroxylamine groups is 1. The summed E-state index contributed by atoms with van der Waals surface area (Å²) >= 11 is 1.60. The van der Waals surface area contributed by atoms with Crippen molar-refractivity contribution in [3.8, 4) is 17.6 Å². The summed E-state index contributed by atoms with van der Waals surface area (Å²) in [6, 6.07) is 9.22. The molecule has 0 radical (unpaired) electrons. The van der Waals surface area contributed by atoms with Crippen molar-refractivity contribution in [3.05, 3.63) is 57.9 Å². The number of thiophene rings is 1. The molecule has 7 nitrogen and oxygen atoms in total. The SMILES string of the molecule is COc1ccc2ncc(CF)c(C(O)CCC3(C(=O)NO)CCN(CC#Cc4cccs4)CC3)c2c1. The average molecular weight is 512 g/mol. The first-order valence-electron chi connectivity index (χ1n) is 11.9. The Balaban J connectivity index is 1.48. The number of pyridine rings is 1. The third-order valence-corrected chi connectivity index (χ3v) is 7.79. The van der Waals surface area contributed by atoms with Crippen molar-refractivity contribution in [2.24, 2.45) is 5.41 Å². The first-order valence-corrected chi connectivity index (χ1v) is 12.8. The van der Waals surface area contributed by atoms with Crippen molar-refractivity contribution < 1.29 is 24.2 Å². The van der Waals surface area contributed by atoms with Crippen molar-refractivity contribution in [1.82, 2.24) is 15.4 Å². The Morgan fingerprint density at radius 3 is 2.83 bits per heavy atom. The Labute approximate surface area is 213 Å². The van der Waals surface area contributed by atoms with Gasteiger partial charge in [-0.15, -0.1) is 11.3 Å². The fourth-order valence-corrected chi connectivity index (χ4v) is 5.45. The molecule has 0 aliphatic carbocycles. The Morgan fingerprint density at radius 2 is 2.17 bits per heavy atom. The van der Waals surface area contributed by atoms with Gasteiger partial charge in [0, 0.05) is 30.2 Å². The number of halogens is 1. The summed E-state index contributed by atoms with van der Waals surface area (Å²) in [7, 11) is 1.54. The zero-order valence-corrected chi connectivity index (χ0v) is 21.0. The van der Waals surface area contributed by atoms with Crippen LogP contribution in [0.4, 0.5) is 4.39 Å². The van der Waals surface area contributed by atoms with Crippen LogP contribution in [0.3, 0.4) is 0 Å². The van der Waals surface area contributed by atoms with Gasteiger partial charge in [-0.3, -0.25) is 19.9 Å². The normalized spacial score (nSPS) is 16.2. The van der Waals surface area contributed by atoms with E-state index < -0.39 is 24.1 Å². The van der Waals surface area contributed by atoms with Crippen LogP contribution < -0.4 is 10.2 Å². The second kappa shape index (κ2) is 11.8. The highest BCUT2D eigenvalue weighted by molar-refractivity contribution is 7.10. The minimum absolute atomic E-state index is 0.231. The van der Waals surface area contributed by atoms with Gasteiger partial charge in [-0.05, 0) is 60.9 Å². The molecule has 1 unspecified atom stereocenters. The molecule has 1 saturated heterocycles. The maximum Gasteiger partial charge on any atom is 0.249 e. The summed E-state index contributed by atoms with van der Waals surface area (Å²) in [5, 5.41) is 23.3. The minimum atomic E-state index is -1.01. The minimum Gasteiger partial charge on any atom is -0.497 e. The summed E-state index contributed by atoms with van der Waals surface area (Å²) in [4.78, 5) is 20.3.